The van der Waals surface area contributed by atoms with Gasteiger partial charge in [-0.15, -0.1) is 0 Å². The molecule has 0 nitrogen and oxygen atoms in total. The molecular formula is C5H4F7I3Si. The molecule has 11 heteroatoms. The Morgan fingerprint density at radius 1 is 0.812 bits per heavy atom. The SMILES string of the molecule is FC(F)(F)C(F)(F)C(F)(F)CC[Si](I)(I)I. The van der Waals surface area contributed by atoms with E-state index in [1.807, 2.05) is 65.4 Å². The van der Waals surface area contributed by atoms with Gasteiger partial charge in [0.15, 0.2) is 0 Å². The number of halogens is 10. The van der Waals surface area contributed by atoms with Crippen LogP contribution >= 0.6 is 65.4 Å². The standard InChI is InChI=1S/C5H4F7I3Si/c6-3(7,1-2-16(13,14)15)4(8,9)5(10,11)12/h1-2H2. The van der Waals surface area contributed by atoms with Crippen LogP contribution in [0.15, 0.2) is 0 Å². The van der Waals surface area contributed by atoms with Gasteiger partial charge in [-0.1, -0.05) is 65.4 Å². The van der Waals surface area contributed by atoms with Crippen molar-refractivity contribution in [3.8, 4) is 0 Å². The molecule has 0 aromatic heterocycles. The maximum atomic E-state index is 12.8. The summed E-state index contributed by atoms with van der Waals surface area (Å²) < 4.78 is 83.4. The molecule has 0 N–H and O–H groups in total. The van der Waals surface area contributed by atoms with Crippen molar-refractivity contribution in [3.63, 3.8) is 0 Å². The van der Waals surface area contributed by atoms with Crippen molar-refractivity contribution < 1.29 is 30.7 Å². The van der Waals surface area contributed by atoms with Gasteiger partial charge in [0.25, 0.3) is 0.564 Å². The molecule has 0 aliphatic heterocycles. The Labute approximate surface area is 126 Å². The van der Waals surface area contributed by atoms with Crippen LogP contribution < -0.4 is 0 Å². The van der Waals surface area contributed by atoms with Gasteiger partial charge in [0.1, 0.15) is 0 Å². The summed E-state index contributed by atoms with van der Waals surface area (Å²) in [6.07, 6.45) is -7.68. The molecule has 0 saturated heterocycles. The highest BCUT2D eigenvalue weighted by atomic mass is 127. The van der Waals surface area contributed by atoms with Crippen LogP contribution in [0.1, 0.15) is 6.42 Å². The van der Waals surface area contributed by atoms with E-state index in [4.69, 9.17) is 0 Å². The molecule has 0 aliphatic carbocycles. The van der Waals surface area contributed by atoms with Crippen molar-refractivity contribution in [2.75, 3.05) is 0 Å². The molecule has 0 aliphatic rings. The summed E-state index contributed by atoms with van der Waals surface area (Å²) in [5.41, 5.74) is 0. The van der Waals surface area contributed by atoms with Gasteiger partial charge in [0, 0.05) is 6.42 Å². The van der Waals surface area contributed by atoms with E-state index in [1.165, 1.54) is 0 Å². The minimum atomic E-state index is -6.22. The molecule has 16 heavy (non-hydrogen) atoms. The van der Waals surface area contributed by atoms with Gasteiger partial charge >= 0.3 is 18.0 Å². The molecule has 0 bridgehead atoms. The highest BCUT2D eigenvalue weighted by Crippen LogP contribution is 2.50. The lowest BCUT2D eigenvalue weighted by molar-refractivity contribution is -0.354. The van der Waals surface area contributed by atoms with Crippen LogP contribution in [0.4, 0.5) is 30.7 Å². The normalized spacial score (nSPS) is 15.4. The number of alkyl halides is 7. The lowest BCUT2D eigenvalue weighted by Gasteiger charge is -2.28. The van der Waals surface area contributed by atoms with Crippen LogP contribution in [-0.4, -0.2) is 18.6 Å². The van der Waals surface area contributed by atoms with Crippen molar-refractivity contribution in [1.82, 2.24) is 0 Å². The average molecular weight is 606 g/mol. The summed E-state index contributed by atoms with van der Waals surface area (Å²) in [4.78, 5) is 0. The van der Waals surface area contributed by atoms with Crippen LogP contribution in [0, 0.1) is 0 Å². The highest BCUT2D eigenvalue weighted by Gasteiger charge is 2.72. The van der Waals surface area contributed by atoms with E-state index in [9.17, 15) is 30.7 Å². The van der Waals surface area contributed by atoms with Crippen molar-refractivity contribution in [2.24, 2.45) is 0 Å². The zero-order chi connectivity index (χ0) is 13.4. The number of rotatable bonds is 4. The molecule has 0 saturated carbocycles. The van der Waals surface area contributed by atoms with Crippen LogP contribution in [0.5, 0.6) is 0 Å². The Hall–Kier alpha value is 1.92. The Morgan fingerprint density at radius 3 is 1.44 bits per heavy atom. The molecule has 0 heterocycles. The fourth-order valence-electron chi connectivity index (χ4n) is 0.663. The van der Waals surface area contributed by atoms with E-state index in [0.717, 1.165) is 0 Å². The molecule has 0 radical (unpaired) electrons. The summed E-state index contributed by atoms with van der Waals surface area (Å²) in [6, 6.07) is -0.326. The molecular weight excluding hydrogens is 602 g/mol. The Morgan fingerprint density at radius 2 is 1.19 bits per heavy atom. The van der Waals surface area contributed by atoms with Crippen LogP contribution in [-0.2, 0) is 0 Å². The third-order valence-electron chi connectivity index (χ3n) is 1.54. The second kappa shape index (κ2) is 5.50. The Balaban J connectivity index is 4.79. The van der Waals surface area contributed by atoms with Crippen molar-refractivity contribution >= 4 is 66.0 Å². The van der Waals surface area contributed by atoms with E-state index in [2.05, 4.69) is 0 Å². The van der Waals surface area contributed by atoms with Gasteiger partial charge in [0.05, 0.1) is 0 Å². The molecule has 0 amide bonds. The van der Waals surface area contributed by atoms with E-state index in [-0.39, 0.29) is 6.04 Å². The van der Waals surface area contributed by atoms with E-state index >= 15 is 0 Å². The predicted octanol–water partition coefficient (Wildman–Crippen LogP) is 5.45. The van der Waals surface area contributed by atoms with Gasteiger partial charge in [-0.2, -0.15) is 30.7 Å². The Bertz CT molecular complexity index is 245. The molecule has 0 fully saturated rings. The molecule has 0 aromatic carbocycles. The zero-order valence-electron chi connectivity index (χ0n) is 7.19. The van der Waals surface area contributed by atoms with Crippen LogP contribution in [0.3, 0.4) is 0 Å². The summed E-state index contributed by atoms with van der Waals surface area (Å²) in [5.74, 6) is -11.0. The Kier molecular flexibility index (Phi) is 6.16. The fraction of sp³-hybridized carbons (Fsp3) is 1.00. The number of hydrogen-bond acceptors (Lipinski definition) is 0. The monoisotopic (exact) mass is 606 g/mol. The fourth-order valence-corrected chi connectivity index (χ4v) is 3.69. The summed E-state index contributed by atoms with van der Waals surface area (Å²) in [6.45, 7) is 0. The van der Waals surface area contributed by atoms with Gasteiger partial charge in [-0.25, -0.2) is 0 Å². The van der Waals surface area contributed by atoms with Crippen LogP contribution in [0.25, 0.3) is 0 Å². The summed E-state index contributed by atoms with van der Waals surface area (Å²) >= 11 is 5.46. The molecule has 0 spiro atoms. The largest absolute Gasteiger partial charge is 0.459 e. The second-order valence-corrected chi connectivity index (χ2v) is 39.8. The highest BCUT2D eigenvalue weighted by molar-refractivity contribution is 14.4. The smallest absolute Gasteiger partial charge is 0.200 e. The van der Waals surface area contributed by atoms with Gasteiger partial charge < -0.3 is 0 Å². The lowest BCUT2D eigenvalue weighted by Crippen LogP contribution is -2.52. The van der Waals surface area contributed by atoms with Gasteiger partial charge in [0.2, 0.25) is 0 Å². The average Bonchev–Trinajstić information content (AvgIpc) is 1.97. The minimum absolute atomic E-state index is 0.326. The third kappa shape index (κ3) is 4.89. The van der Waals surface area contributed by atoms with E-state index in [1.54, 1.807) is 0 Å². The third-order valence-corrected chi connectivity index (χ3v) is 7.21. The van der Waals surface area contributed by atoms with Crippen LogP contribution in [0.2, 0.25) is 6.04 Å². The van der Waals surface area contributed by atoms with Crippen molar-refractivity contribution in [3.05, 3.63) is 0 Å². The first-order valence-corrected chi connectivity index (χ1v) is 15.1. The first-order chi connectivity index (χ1) is 6.71. The van der Waals surface area contributed by atoms with Crippen molar-refractivity contribution in [1.29, 1.82) is 0 Å². The van der Waals surface area contributed by atoms with E-state index < -0.39 is 25.0 Å². The second-order valence-electron chi connectivity index (χ2n) is 2.89. The van der Waals surface area contributed by atoms with E-state index in [0.29, 0.717) is 0 Å². The molecule has 98 valence electrons. The summed E-state index contributed by atoms with van der Waals surface area (Å²) in [5, 5.41) is 0. The first kappa shape index (κ1) is 17.9. The molecule has 0 rings (SSSR count). The predicted molar refractivity (Wildman–Crippen MR) is 73.2 cm³/mol. The molecule has 0 unspecified atom stereocenters. The van der Waals surface area contributed by atoms with Gasteiger partial charge in [-0.05, 0) is 6.04 Å². The molecule has 0 atom stereocenters. The minimum Gasteiger partial charge on any atom is -0.200 e. The zero-order valence-corrected chi connectivity index (χ0v) is 14.7. The quantitative estimate of drug-likeness (QED) is 0.173. The lowest BCUT2D eigenvalue weighted by atomic mass is 10.1. The topological polar surface area (TPSA) is 0 Å². The van der Waals surface area contributed by atoms with Gasteiger partial charge in [-0.3, -0.25) is 0 Å². The summed E-state index contributed by atoms with van der Waals surface area (Å²) in [7, 11) is 0. The number of hydrogen-bond donors (Lipinski definition) is 0. The maximum absolute atomic E-state index is 12.8. The molecule has 0 aromatic rings. The van der Waals surface area contributed by atoms with Crippen molar-refractivity contribution in [2.45, 2.75) is 30.5 Å². The first-order valence-electron chi connectivity index (χ1n) is 3.60. The maximum Gasteiger partial charge on any atom is 0.459 e.